The summed E-state index contributed by atoms with van der Waals surface area (Å²) in [5, 5.41) is 3.15. The van der Waals surface area contributed by atoms with Gasteiger partial charge in [-0.05, 0) is 18.2 Å². The molecule has 0 saturated carbocycles. The molecule has 1 atom stereocenters. The van der Waals surface area contributed by atoms with E-state index in [1.54, 1.807) is 18.9 Å². The van der Waals surface area contributed by atoms with Gasteiger partial charge in [0, 0.05) is 22.3 Å². The summed E-state index contributed by atoms with van der Waals surface area (Å²) in [4.78, 5) is 0.0639. The molecule has 0 N–H and O–H groups in total. The monoisotopic (exact) mass is 404 g/mol. The average Bonchev–Trinajstić information content (AvgIpc) is 3.19. The number of methoxy groups -OCH3 is 1. The van der Waals surface area contributed by atoms with E-state index in [2.05, 4.69) is 25.6 Å². The molecule has 1 aliphatic heterocycles. The van der Waals surface area contributed by atoms with Crippen molar-refractivity contribution in [3.8, 4) is 5.75 Å². The van der Waals surface area contributed by atoms with Gasteiger partial charge in [-0.25, -0.2) is 8.42 Å². The molecule has 1 unspecified atom stereocenters. The van der Waals surface area contributed by atoms with E-state index in [9.17, 15) is 8.42 Å². The number of thioether (sulfide) groups is 1. The fourth-order valence-corrected chi connectivity index (χ4v) is 5.79. The van der Waals surface area contributed by atoms with Crippen LogP contribution in [-0.2, 0) is 10.0 Å². The number of nitrogens with zero attached hydrogens (tertiary/aromatic N) is 2. The van der Waals surface area contributed by atoms with Crippen molar-refractivity contribution in [3.63, 3.8) is 0 Å². The molecule has 1 aromatic carbocycles. The number of hydrogen-bond donors (Lipinski definition) is 0. The van der Waals surface area contributed by atoms with E-state index in [0.717, 1.165) is 16.3 Å². The fraction of sp³-hybridized carbons (Fsp3) is 0.308. The quantitative estimate of drug-likeness (QED) is 0.779. The van der Waals surface area contributed by atoms with Crippen LogP contribution in [0.25, 0.3) is 0 Å². The van der Waals surface area contributed by atoms with E-state index in [1.165, 1.54) is 10.5 Å². The van der Waals surface area contributed by atoms with Crippen molar-refractivity contribution in [1.29, 1.82) is 0 Å². The highest BCUT2D eigenvalue weighted by atomic mass is 79.9. The predicted molar refractivity (Wildman–Crippen MR) is 86.3 cm³/mol. The molecule has 2 aromatic rings. The van der Waals surface area contributed by atoms with Crippen molar-refractivity contribution in [2.24, 2.45) is 0 Å². The molecule has 0 spiro atoms. The largest absolute Gasteiger partial charge is 0.496 e. The lowest BCUT2D eigenvalue weighted by molar-refractivity contribution is 0.389. The summed E-state index contributed by atoms with van der Waals surface area (Å²) in [6, 6.07) is 5.57. The Morgan fingerprint density at radius 1 is 1.50 bits per heavy atom. The van der Waals surface area contributed by atoms with Gasteiger partial charge >= 0.3 is 0 Å². The first kappa shape index (κ1) is 15.9. The highest BCUT2D eigenvalue weighted by Gasteiger charge is 2.39. The molecule has 0 amide bonds. The summed E-state index contributed by atoms with van der Waals surface area (Å²) in [6.07, 6.45) is 2.36. The lowest BCUT2D eigenvalue weighted by Gasteiger charge is -2.24. The van der Waals surface area contributed by atoms with Crippen molar-refractivity contribution in [2.45, 2.75) is 10.3 Å². The predicted octanol–water partition coefficient (Wildman–Crippen LogP) is 2.88. The molecule has 22 heavy (non-hydrogen) atoms. The lowest BCUT2D eigenvalue weighted by atomic mass is 10.2. The molecular formula is C13H13BrN2O4S2. The summed E-state index contributed by atoms with van der Waals surface area (Å²) >= 11 is 4.98. The van der Waals surface area contributed by atoms with Crippen molar-refractivity contribution in [2.75, 3.05) is 19.4 Å². The summed E-state index contributed by atoms with van der Waals surface area (Å²) in [5.74, 6) is 1.37. The highest BCUT2D eigenvalue weighted by Crippen LogP contribution is 2.45. The second kappa shape index (κ2) is 6.23. The first-order valence-corrected chi connectivity index (χ1v) is 9.68. The maximum Gasteiger partial charge on any atom is 0.249 e. The zero-order chi connectivity index (χ0) is 15.7. The van der Waals surface area contributed by atoms with E-state index >= 15 is 0 Å². The molecule has 1 saturated heterocycles. The summed E-state index contributed by atoms with van der Waals surface area (Å²) < 4.78 is 37.8. The second-order valence-electron chi connectivity index (χ2n) is 4.59. The van der Waals surface area contributed by atoms with Gasteiger partial charge < -0.3 is 9.26 Å². The zero-order valence-corrected chi connectivity index (χ0v) is 14.8. The standard InChI is InChI=1S/C13H13BrN2O4S2/c1-19-12-3-2-9(14)6-11(12)13-16(4-5-21-13)22(17,18)10-7-15-20-8-10/h2-3,6-8,13H,4-5H2,1H3. The molecule has 6 nitrogen and oxygen atoms in total. The molecule has 3 rings (SSSR count). The first-order chi connectivity index (χ1) is 10.5. The number of sulfonamides is 1. The zero-order valence-electron chi connectivity index (χ0n) is 11.6. The minimum absolute atomic E-state index is 0.0639. The van der Waals surface area contributed by atoms with Gasteiger partial charge in [0.25, 0.3) is 0 Å². The third-order valence-corrected chi connectivity index (χ3v) is 7.00. The van der Waals surface area contributed by atoms with Crippen LogP contribution in [0.15, 0.2) is 44.6 Å². The van der Waals surface area contributed by atoms with Crippen LogP contribution in [0.5, 0.6) is 5.75 Å². The van der Waals surface area contributed by atoms with Gasteiger partial charge in [0.05, 0.1) is 18.7 Å². The Kier molecular flexibility index (Phi) is 4.49. The lowest BCUT2D eigenvalue weighted by Crippen LogP contribution is -2.30. The molecular weight excluding hydrogens is 392 g/mol. The highest BCUT2D eigenvalue weighted by molar-refractivity contribution is 9.10. The van der Waals surface area contributed by atoms with Gasteiger partial charge in [-0.2, -0.15) is 4.31 Å². The van der Waals surface area contributed by atoms with E-state index < -0.39 is 10.0 Å². The number of ether oxygens (including phenoxy) is 1. The van der Waals surface area contributed by atoms with E-state index in [-0.39, 0.29) is 10.3 Å². The Bertz CT molecular complexity index is 764. The van der Waals surface area contributed by atoms with Crippen LogP contribution in [0, 0.1) is 0 Å². The maximum atomic E-state index is 12.7. The van der Waals surface area contributed by atoms with Crippen LogP contribution in [-0.4, -0.2) is 37.3 Å². The Morgan fingerprint density at radius 2 is 2.32 bits per heavy atom. The first-order valence-electron chi connectivity index (χ1n) is 6.40. The van der Waals surface area contributed by atoms with E-state index in [1.807, 2.05) is 18.2 Å². The maximum absolute atomic E-state index is 12.7. The molecule has 0 bridgehead atoms. The molecule has 2 heterocycles. The normalized spacial score (nSPS) is 19.5. The fourth-order valence-electron chi connectivity index (χ4n) is 2.30. The second-order valence-corrected chi connectivity index (χ2v) is 8.58. The van der Waals surface area contributed by atoms with E-state index in [0.29, 0.717) is 18.0 Å². The van der Waals surface area contributed by atoms with Gasteiger partial charge in [-0.1, -0.05) is 21.1 Å². The smallest absolute Gasteiger partial charge is 0.249 e. The van der Waals surface area contributed by atoms with Gasteiger partial charge in [-0.3, -0.25) is 0 Å². The van der Waals surface area contributed by atoms with Crippen molar-refractivity contribution in [3.05, 3.63) is 40.7 Å². The molecule has 9 heteroatoms. The minimum atomic E-state index is -3.65. The third kappa shape index (κ3) is 2.78. The van der Waals surface area contributed by atoms with E-state index in [4.69, 9.17) is 4.74 Å². The molecule has 118 valence electrons. The molecule has 0 aliphatic carbocycles. The van der Waals surface area contributed by atoms with Gasteiger partial charge in [0.15, 0.2) is 0 Å². The average molecular weight is 405 g/mol. The van der Waals surface area contributed by atoms with Crippen LogP contribution < -0.4 is 4.74 Å². The Morgan fingerprint density at radius 3 is 3.00 bits per heavy atom. The number of hydrogen-bond acceptors (Lipinski definition) is 6. The Labute approximate surface area is 141 Å². The molecule has 1 aliphatic rings. The number of halogens is 1. The van der Waals surface area contributed by atoms with Crippen molar-refractivity contribution < 1.29 is 17.7 Å². The number of rotatable bonds is 4. The number of aromatic nitrogens is 1. The summed E-state index contributed by atoms with van der Waals surface area (Å²) in [5.41, 5.74) is 0.819. The molecule has 1 fully saturated rings. The van der Waals surface area contributed by atoms with Crippen molar-refractivity contribution in [1.82, 2.24) is 9.46 Å². The molecule has 0 radical (unpaired) electrons. The van der Waals surface area contributed by atoms with Crippen molar-refractivity contribution >= 4 is 37.7 Å². The summed E-state index contributed by atoms with van der Waals surface area (Å²) in [6.45, 7) is 0.429. The molecule has 1 aromatic heterocycles. The van der Waals surface area contributed by atoms with Crippen LogP contribution >= 0.6 is 27.7 Å². The van der Waals surface area contributed by atoms with Gasteiger partial charge in [0.2, 0.25) is 10.0 Å². The van der Waals surface area contributed by atoms with Crippen LogP contribution in [0.1, 0.15) is 10.9 Å². The topological polar surface area (TPSA) is 72.6 Å². The minimum Gasteiger partial charge on any atom is -0.496 e. The van der Waals surface area contributed by atoms with Gasteiger partial charge in [-0.15, -0.1) is 11.8 Å². The van der Waals surface area contributed by atoms with Crippen LogP contribution in [0.3, 0.4) is 0 Å². The Balaban J connectivity index is 2.03. The Hall–Kier alpha value is -1.03. The third-order valence-electron chi connectivity index (χ3n) is 3.32. The van der Waals surface area contributed by atoms with Crippen LogP contribution in [0.2, 0.25) is 0 Å². The van der Waals surface area contributed by atoms with Gasteiger partial charge in [0.1, 0.15) is 16.9 Å². The van der Waals surface area contributed by atoms with Crippen LogP contribution in [0.4, 0.5) is 0 Å². The number of benzene rings is 1. The SMILES string of the molecule is COc1ccc(Br)cc1C1SCCN1S(=O)(=O)c1cnoc1. The summed E-state index contributed by atoms with van der Waals surface area (Å²) in [7, 11) is -2.07.